The van der Waals surface area contributed by atoms with Gasteiger partial charge < -0.3 is 9.67 Å². The Kier molecular flexibility index (Phi) is 5.66. The van der Waals surface area contributed by atoms with Crippen LogP contribution in [0.15, 0.2) is 41.2 Å². The zero-order chi connectivity index (χ0) is 25.9. The number of carboxylic acid groups (broad SMARTS) is 1. The number of benzene rings is 2. The third kappa shape index (κ3) is 3.76. The normalized spacial score (nSPS) is 20.7. The number of carbonyl (C=O) groups excluding carboxylic acids is 2. The van der Waals surface area contributed by atoms with Crippen LogP contribution in [0.5, 0.6) is 0 Å². The molecule has 1 saturated heterocycles. The topological polar surface area (TPSA) is 99.9 Å². The summed E-state index contributed by atoms with van der Waals surface area (Å²) in [4.78, 5) is 52.7. The lowest BCUT2D eigenvalue weighted by atomic mass is 9.83. The fourth-order valence-corrected chi connectivity index (χ4v) is 5.98. The number of thiazole rings is 1. The third-order valence-electron chi connectivity index (χ3n) is 6.82. The van der Waals surface area contributed by atoms with Crippen molar-refractivity contribution in [2.45, 2.75) is 31.5 Å². The van der Waals surface area contributed by atoms with Gasteiger partial charge in [0.1, 0.15) is 0 Å². The van der Waals surface area contributed by atoms with Gasteiger partial charge in [0.15, 0.2) is 5.92 Å². The molecule has 8 nitrogen and oxygen atoms in total. The Morgan fingerprint density at radius 1 is 1.14 bits per heavy atom. The van der Waals surface area contributed by atoms with E-state index in [1.54, 1.807) is 25.2 Å². The average molecular weight is 520 g/mol. The molecule has 36 heavy (non-hydrogen) atoms. The van der Waals surface area contributed by atoms with Gasteiger partial charge in [-0.2, -0.15) is 13.2 Å². The summed E-state index contributed by atoms with van der Waals surface area (Å²) in [6, 6.07) is 6.56. The summed E-state index contributed by atoms with van der Waals surface area (Å²) < 4.78 is 43.0. The Labute approximate surface area is 206 Å². The first kappa shape index (κ1) is 24.0. The molecule has 0 radical (unpaired) electrons. The van der Waals surface area contributed by atoms with Crippen LogP contribution in [0.4, 0.5) is 23.7 Å². The molecule has 5 rings (SSSR count). The Balaban J connectivity index is 1.61. The molecule has 2 unspecified atom stereocenters. The summed E-state index contributed by atoms with van der Waals surface area (Å²) in [6.45, 7) is -0.432. The number of hydrogen-bond donors (Lipinski definition) is 1. The standard InChI is InChI=1S/C24H20F3N3O5S/c1-28-18-9-8-12(10-19(18)36-23(28)35)29-11-15(21(32)33)20(31)30(22(29)34)17-7-3-4-13-14(17)5-2-6-16(13)24(25,26)27/h2,5-6,8-10,15,17H,3-4,7,11H2,1H3,(H,32,33). The zero-order valence-electron chi connectivity index (χ0n) is 18.9. The molecule has 12 heteroatoms. The second kappa shape index (κ2) is 8.47. The van der Waals surface area contributed by atoms with Crippen molar-refractivity contribution in [3.8, 4) is 0 Å². The van der Waals surface area contributed by atoms with Crippen LogP contribution >= 0.6 is 11.3 Å². The number of rotatable bonds is 3. The Morgan fingerprint density at radius 2 is 1.89 bits per heavy atom. The molecule has 2 heterocycles. The van der Waals surface area contributed by atoms with Gasteiger partial charge in [-0.25, -0.2) is 4.79 Å². The maximum Gasteiger partial charge on any atom is 0.416 e. The summed E-state index contributed by atoms with van der Waals surface area (Å²) in [5, 5.41) is 9.76. The first-order valence-electron chi connectivity index (χ1n) is 11.1. The molecule has 3 amide bonds. The highest BCUT2D eigenvalue weighted by atomic mass is 32.1. The summed E-state index contributed by atoms with van der Waals surface area (Å²) in [5.41, 5.74) is 0.305. The molecule has 1 fully saturated rings. The monoisotopic (exact) mass is 519 g/mol. The number of alkyl halides is 3. The molecule has 188 valence electrons. The van der Waals surface area contributed by atoms with Crippen LogP contribution in [0.2, 0.25) is 0 Å². The highest BCUT2D eigenvalue weighted by Gasteiger charge is 2.48. The predicted molar refractivity (Wildman–Crippen MR) is 125 cm³/mol. The van der Waals surface area contributed by atoms with Gasteiger partial charge in [-0.15, -0.1) is 0 Å². The molecule has 2 aromatic carbocycles. The number of carbonyl (C=O) groups is 3. The third-order valence-corrected chi connectivity index (χ3v) is 7.81. The zero-order valence-corrected chi connectivity index (χ0v) is 19.7. The van der Waals surface area contributed by atoms with Gasteiger partial charge in [-0.3, -0.25) is 24.2 Å². The van der Waals surface area contributed by atoms with Crippen LogP contribution in [0.3, 0.4) is 0 Å². The summed E-state index contributed by atoms with van der Waals surface area (Å²) in [7, 11) is 1.60. The lowest BCUT2D eigenvalue weighted by Crippen LogP contribution is -2.60. The van der Waals surface area contributed by atoms with Crippen LogP contribution in [-0.2, 0) is 29.2 Å². The van der Waals surface area contributed by atoms with E-state index < -0.39 is 48.2 Å². The van der Waals surface area contributed by atoms with E-state index in [0.29, 0.717) is 16.6 Å². The van der Waals surface area contributed by atoms with Gasteiger partial charge in [-0.1, -0.05) is 23.5 Å². The number of imide groups is 1. The number of halogens is 3. The Hall–Kier alpha value is -3.67. The maximum atomic E-state index is 13.7. The van der Waals surface area contributed by atoms with Gasteiger partial charge in [0.2, 0.25) is 5.91 Å². The van der Waals surface area contributed by atoms with Gasteiger partial charge in [-0.05, 0) is 54.7 Å². The SMILES string of the molecule is Cn1c(=O)sc2cc(N3CC(C(=O)O)C(=O)N(C4CCCc5c4cccc5C(F)(F)F)C3=O)ccc21. The minimum atomic E-state index is -4.61. The number of aromatic nitrogens is 1. The van der Waals surface area contributed by atoms with E-state index in [1.165, 1.54) is 16.7 Å². The second-order valence-electron chi connectivity index (χ2n) is 8.85. The fraction of sp³-hybridized carbons (Fsp3) is 0.333. The van der Waals surface area contributed by atoms with Crippen LogP contribution in [0, 0.1) is 5.92 Å². The number of aliphatic carboxylic acids is 1. The van der Waals surface area contributed by atoms with Crippen molar-refractivity contribution in [1.82, 2.24) is 9.47 Å². The molecular formula is C24H20F3N3O5S. The van der Waals surface area contributed by atoms with Crippen LogP contribution in [0.1, 0.15) is 35.6 Å². The molecular weight excluding hydrogens is 499 g/mol. The number of anilines is 1. The number of amides is 3. The van der Waals surface area contributed by atoms with Gasteiger partial charge in [0.05, 0.1) is 21.8 Å². The van der Waals surface area contributed by atoms with Crippen molar-refractivity contribution in [3.63, 3.8) is 0 Å². The van der Waals surface area contributed by atoms with Crippen molar-refractivity contribution in [2.24, 2.45) is 13.0 Å². The lowest BCUT2D eigenvalue weighted by Gasteiger charge is -2.42. The second-order valence-corrected chi connectivity index (χ2v) is 9.84. The maximum absolute atomic E-state index is 13.7. The predicted octanol–water partition coefficient (Wildman–Crippen LogP) is 4.17. The van der Waals surface area contributed by atoms with E-state index in [9.17, 15) is 37.5 Å². The van der Waals surface area contributed by atoms with Crippen LogP contribution < -0.4 is 9.77 Å². The molecule has 2 atom stereocenters. The number of aryl methyl sites for hydroxylation is 1. The van der Waals surface area contributed by atoms with Gasteiger partial charge >= 0.3 is 23.0 Å². The van der Waals surface area contributed by atoms with Crippen LogP contribution in [0.25, 0.3) is 10.2 Å². The summed E-state index contributed by atoms with van der Waals surface area (Å²) in [6.07, 6.45) is -3.96. The minimum Gasteiger partial charge on any atom is -0.481 e. The average Bonchev–Trinajstić information content (AvgIpc) is 3.10. The lowest BCUT2D eigenvalue weighted by molar-refractivity contribution is -0.151. The highest BCUT2D eigenvalue weighted by molar-refractivity contribution is 7.16. The molecule has 1 N–H and O–H groups in total. The van der Waals surface area contributed by atoms with Crippen molar-refractivity contribution < 1.29 is 32.7 Å². The summed E-state index contributed by atoms with van der Waals surface area (Å²) >= 11 is 0.955. The van der Waals surface area contributed by atoms with Crippen molar-refractivity contribution in [2.75, 3.05) is 11.4 Å². The van der Waals surface area contributed by atoms with Crippen molar-refractivity contribution in [3.05, 3.63) is 62.8 Å². The first-order chi connectivity index (χ1) is 17.0. The summed E-state index contributed by atoms with van der Waals surface area (Å²) in [5.74, 6) is -3.98. The minimum absolute atomic E-state index is 0.0151. The number of urea groups is 1. The Bertz CT molecular complexity index is 1480. The smallest absolute Gasteiger partial charge is 0.416 e. The van der Waals surface area contributed by atoms with Crippen molar-refractivity contribution >= 4 is 45.1 Å². The fourth-order valence-electron chi connectivity index (χ4n) is 5.07. The molecule has 2 aliphatic rings. The number of nitrogens with zero attached hydrogens (tertiary/aromatic N) is 3. The Morgan fingerprint density at radius 3 is 2.58 bits per heavy atom. The number of hydrogen-bond acceptors (Lipinski definition) is 5. The number of fused-ring (bicyclic) bond motifs is 2. The molecule has 3 aromatic rings. The quantitative estimate of drug-likeness (QED) is 0.524. The van der Waals surface area contributed by atoms with E-state index in [4.69, 9.17) is 0 Å². The molecule has 1 aromatic heterocycles. The van der Waals surface area contributed by atoms with Gasteiger partial charge in [0.25, 0.3) is 0 Å². The largest absolute Gasteiger partial charge is 0.481 e. The van der Waals surface area contributed by atoms with Crippen LogP contribution in [-0.4, -0.2) is 39.0 Å². The molecule has 1 aliphatic heterocycles. The number of carboxylic acids is 1. The highest BCUT2D eigenvalue weighted by Crippen LogP contribution is 2.43. The van der Waals surface area contributed by atoms with E-state index >= 15 is 0 Å². The molecule has 1 aliphatic carbocycles. The first-order valence-corrected chi connectivity index (χ1v) is 12.0. The van der Waals surface area contributed by atoms with Gasteiger partial charge in [0, 0.05) is 19.3 Å². The molecule has 0 spiro atoms. The molecule has 0 saturated carbocycles. The van der Waals surface area contributed by atoms with Crippen molar-refractivity contribution in [1.29, 1.82) is 0 Å². The molecule has 0 bridgehead atoms. The van der Waals surface area contributed by atoms with E-state index in [1.807, 2.05) is 0 Å². The van der Waals surface area contributed by atoms with E-state index in [-0.39, 0.29) is 34.5 Å². The van der Waals surface area contributed by atoms with E-state index in [0.717, 1.165) is 27.2 Å². The van der Waals surface area contributed by atoms with E-state index in [2.05, 4.69) is 0 Å².